The normalized spacial score (nSPS) is 15.1. The number of carboxylic acid groups (broad SMARTS) is 6. The first kappa shape index (κ1) is 129. The molecule has 19 atom stereocenters. The van der Waals surface area contributed by atoms with E-state index in [4.69, 9.17) is 28.0 Å². The van der Waals surface area contributed by atoms with Crippen molar-refractivity contribution in [3.8, 4) is 0 Å². The molecule has 58 heteroatoms. The van der Waals surface area contributed by atoms with Crippen LogP contribution in [0, 0.1) is 17.8 Å². The predicted octanol–water partition coefficient (Wildman–Crippen LogP) is -11.9. The first-order valence-electron chi connectivity index (χ1n) is 45.7. The van der Waals surface area contributed by atoms with Crippen LogP contribution in [0.15, 0.2) is 0 Å². The Balaban J connectivity index is 6.53. The minimum atomic E-state index is -1.97. The zero-order valence-electron chi connectivity index (χ0n) is 80.5. The Hall–Kier alpha value is -13.2. The molecule has 0 aliphatic heterocycles. The van der Waals surface area contributed by atoms with Crippen LogP contribution in [0.5, 0.6) is 0 Å². The number of rotatable bonds is 75. The minimum Gasteiger partial charge on any atom is -0.481 e. The summed E-state index contributed by atoms with van der Waals surface area (Å²) in [7, 11) is 0. The second kappa shape index (κ2) is 68.8. The van der Waals surface area contributed by atoms with E-state index in [0.29, 0.717) is 6.42 Å². The highest BCUT2D eigenvalue weighted by Crippen LogP contribution is 2.17. The van der Waals surface area contributed by atoms with Gasteiger partial charge in [0.25, 0.3) is 0 Å². The second-order valence-corrected chi connectivity index (χ2v) is 35.0. The molecule has 0 aliphatic carbocycles. The van der Waals surface area contributed by atoms with Gasteiger partial charge in [0.2, 0.25) is 112 Å². The maximum atomic E-state index is 14.3. The van der Waals surface area contributed by atoms with Crippen LogP contribution < -0.4 is 119 Å². The fourth-order valence-electron chi connectivity index (χ4n) is 13.0. The molecule has 0 unspecified atom stereocenters. The molecule has 0 radical (unpaired) electrons. The molecule has 0 bridgehead atoms. The number of carboxylic acids is 6. The van der Waals surface area contributed by atoms with E-state index in [1.54, 1.807) is 34.0 Å². The standard InChI is InChI=1S/C84H142N22O35S/c1-10-41(6)66(104-59(113)35-89-58(112)34-90-70(126)51(29-32-142-9)98-80(136)56(38-109)102-71(127)45(15-11-13-30-85)93-74(130)48(20-26-62(118)119)95-75(131)49(21-27-63(120)121)94-73(129)47(19-25-61(116)117)92-69(125)44(87)17-24-60(114)115)82(138)105-65(40(4)5)81(137)100-53(33-39(2)3)77(133)106-67(43(8)110)83(139)103-54(36-107)78(134)91-42(7)68(124)101-55(37-108)79(135)97-46(18-23-57(88)111)72(128)96-50(22-28-64(122)123)76(132)99-52(84(140)141)16-12-14-31-86/h39-56,65-67,107-110H,10-38,85-87H2,1-9H3,(H2,88,111)(H,89,112)(H,90,126)(H,91,134)(H,92,125)(H,93,130)(H,94,129)(H,95,131)(H,96,128)(H,97,135)(H,98,136)(H,99,132)(H,100,137)(H,101,124)(H,102,127)(H,103,139)(H,104,113)(H,105,138)(H,106,133)(H,114,115)(H,116,117)(H,118,119)(H,120,121)(H,122,123)(H,140,141)/t41-,42-,43+,44-,45-,46-,47-,48-,49-,50-,51-,52-,53-,54-,55-,56-,65-,66-,67-/m0/s1. The Morgan fingerprint density at radius 3 is 0.986 bits per heavy atom. The summed E-state index contributed by atoms with van der Waals surface area (Å²) in [5.41, 5.74) is 22.2. The van der Waals surface area contributed by atoms with Crippen LogP contribution in [0.3, 0.4) is 0 Å². The van der Waals surface area contributed by atoms with Crippen LogP contribution in [-0.2, 0) is 120 Å². The van der Waals surface area contributed by atoms with E-state index in [1.807, 2.05) is 0 Å². The summed E-state index contributed by atoms with van der Waals surface area (Å²) in [5, 5.41) is 139. The molecule has 0 rings (SSSR count). The lowest BCUT2D eigenvalue weighted by atomic mass is 9.96. The third-order valence-electron chi connectivity index (χ3n) is 21.4. The number of amides is 19. The maximum absolute atomic E-state index is 14.3. The zero-order chi connectivity index (χ0) is 108. The number of nitrogens with two attached hydrogens (primary N) is 4. The first-order valence-corrected chi connectivity index (χ1v) is 47.1. The number of carbonyl (C=O) groups excluding carboxylic acids is 19. The monoisotopic (exact) mass is 2050 g/mol. The average molecular weight is 2050 g/mol. The van der Waals surface area contributed by atoms with Crippen molar-refractivity contribution in [2.24, 2.45) is 40.7 Å². The molecule has 0 aromatic carbocycles. The van der Waals surface area contributed by atoms with Crippen LogP contribution in [0.1, 0.15) is 190 Å². The number of hydrogen-bond acceptors (Lipinski definition) is 33. The summed E-state index contributed by atoms with van der Waals surface area (Å²) in [6, 6.07) is -29.4. The van der Waals surface area contributed by atoms with Gasteiger partial charge in [-0.25, -0.2) is 4.79 Å². The fourth-order valence-corrected chi connectivity index (χ4v) is 13.4. The molecule has 19 amide bonds. The van der Waals surface area contributed by atoms with Gasteiger partial charge in [-0.15, -0.1) is 0 Å². The maximum Gasteiger partial charge on any atom is 0.326 e. The lowest BCUT2D eigenvalue weighted by molar-refractivity contribution is -0.143. The van der Waals surface area contributed by atoms with Crippen molar-refractivity contribution in [3.63, 3.8) is 0 Å². The fraction of sp³-hybridized carbons (Fsp3) is 0.702. The van der Waals surface area contributed by atoms with E-state index in [0.717, 1.165) is 13.8 Å². The number of thioether (sulfide) groups is 1. The number of aliphatic hydroxyl groups is 4. The predicted molar refractivity (Wildman–Crippen MR) is 496 cm³/mol. The topological polar surface area (TPSA) is 950 Å². The van der Waals surface area contributed by atoms with Crippen molar-refractivity contribution in [1.82, 2.24) is 95.7 Å². The molecule has 0 heterocycles. The lowest BCUT2D eigenvalue weighted by Gasteiger charge is -2.30. The van der Waals surface area contributed by atoms with E-state index in [1.165, 1.54) is 25.6 Å². The number of aliphatic carboxylic acids is 6. The number of carbonyl (C=O) groups is 25. The largest absolute Gasteiger partial charge is 0.481 e. The third kappa shape index (κ3) is 51.8. The van der Waals surface area contributed by atoms with Gasteiger partial charge in [0, 0.05) is 38.5 Å². The van der Waals surface area contributed by atoms with Gasteiger partial charge in [0.1, 0.15) is 96.7 Å². The van der Waals surface area contributed by atoms with Crippen LogP contribution in [-0.4, -0.2) is 366 Å². The van der Waals surface area contributed by atoms with Crippen molar-refractivity contribution < 1.29 is 171 Å². The number of primary amides is 1. The first-order chi connectivity index (χ1) is 66.6. The molecule has 57 nitrogen and oxygen atoms in total. The van der Waals surface area contributed by atoms with Crippen LogP contribution >= 0.6 is 11.8 Å². The quantitative estimate of drug-likeness (QED) is 0.0251. The molecule has 142 heavy (non-hydrogen) atoms. The molecule has 0 saturated heterocycles. The van der Waals surface area contributed by atoms with Gasteiger partial charge in [-0.2, -0.15) is 11.8 Å². The van der Waals surface area contributed by atoms with Gasteiger partial charge in [0.05, 0.1) is 45.1 Å². The SMILES string of the molecule is CC[C@H](C)[C@H](NC(=O)CNC(=O)CNC(=O)[C@H](CCSC)NC(=O)[C@H](CO)NC(=O)[C@H](CCCCN)NC(=O)[C@H](CCC(=O)O)NC(=O)[C@H](CCC(=O)O)NC(=O)[C@H](CCC(=O)O)NC(=O)[C@@H](N)CCC(=O)O)C(=O)N[C@H](C(=O)N[C@@H](CC(C)C)C(=O)N[C@H](C(=O)N[C@@H](CO)C(=O)N[C@@H](C)C(=O)N[C@@H](CO)C(=O)N[C@@H](CCC(N)=O)C(=O)N[C@@H](CCC(=O)O)C(=O)N[C@@H](CCCCN)C(=O)O)[C@@H](C)O)C(C)C. The highest BCUT2D eigenvalue weighted by Gasteiger charge is 2.41. The van der Waals surface area contributed by atoms with Gasteiger partial charge >= 0.3 is 35.8 Å². The molecule has 0 aromatic rings. The molecular formula is C84H142N22O35S. The van der Waals surface area contributed by atoms with E-state index >= 15 is 0 Å². The number of hydrogen-bond donors (Lipinski definition) is 32. The molecule has 36 N–H and O–H groups in total. The summed E-state index contributed by atoms with van der Waals surface area (Å²) in [6.07, 6.45) is -7.84. The van der Waals surface area contributed by atoms with Gasteiger partial charge in [-0.05, 0) is 147 Å². The van der Waals surface area contributed by atoms with Crippen molar-refractivity contribution >= 4 is 160 Å². The van der Waals surface area contributed by atoms with E-state index in [2.05, 4.69) is 95.7 Å². The molecule has 0 saturated carbocycles. The van der Waals surface area contributed by atoms with E-state index in [-0.39, 0.29) is 70.2 Å². The summed E-state index contributed by atoms with van der Waals surface area (Å²) in [5.74, 6) is -32.3. The second-order valence-electron chi connectivity index (χ2n) is 34.0. The Morgan fingerprint density at radius 2 is 0.620 bits per heavy atom. The van der Waals surface area contributed by atoms with Crippen molar-refractivity contribution in [2.75, 3.05) is 58.0 Å². The van der Waals surface area contributed by atoms with E-state index < -0.39 is 385 Å². The average Bonchev–Trinajstić information content (AvgIpc) is 0.846. The zero-order valence-corrected chi connectivity index (χ0v) is 81.3. The van der Waals surface area contributed by atoms with Crippen molar-refractivity contribution in [3.05, 3.63) is 0 Å². The Labute approximate surface area is 820 Å². The molecule has 0 fully saturated rings. The summed E-state index contributed by atoms with van der Waals surface area (Å²) in [4.78, 5) is 329. The Kier molecular flexibility index (Phi) is 62.4. The van der Waals surface area contributed by atoms with Crippen molar-refractivity contribution in [2.45, 2.75) is 299 Å². The number of aliphatic hydroxyl groups excluding tert-OH is 4. The van der Waals surface area contributed by atoms with Crippen LogP contribution in [0.2, 0.25) is 0 Å². The Morgan fingerprint density at radius 1 is 0.310 bits per heavy atom. The third-order valence-corrected chi connectivity index (χ3v) is 22.0. The summed E-state index contributed by atoms with van der Waals surface area (Å²) in [6.45, 7) is 6.59. The minimum absolute atomic E-state index is 0.0491. The molecule has 804 valence electrons. The van der Waals surface area contributed by atoms with E-state index in [9.17, 15) is 166 Å². The molecule has 0 aliphatic rings. The van der Waals surface area contributed by atoms with Gasteiger partial charge in [-0.1, -0.05) is 48.0 Å². The number of unbranched alkanes of at least 4 members (excludes halogenated alkanes) is 2. The van der Waals surface area contributed by atoms with Gasteiger partial charge in [0.15, 0.2) is 0 Å². The van der Waals surface area contributed by atoms with Gasteiger partial charge in [-0.3, -0.25) is 115 Å². The summed E-state index contributed by atoms with van der Waals surface area (Å²) < 4.78 is 0. The van der Waals surface area contributed by atoms with Crippen LogP contribution in [0.25, 0.3) is 0 Å². The lowest BCUT2D eigenvalue weighted by Crippen LogP contribution is -2.63. The number of nitrogens with one attached hydrogen (secondary N) is 18. The molecule has 0 aromatic heterocycles. The van der Waals surface area contributed by atoms with Crippen LogP contribution in [0.4, 0.5) is 0 Å². The molecular weight excluding hydrogens is 1910 g/mol. The summed E-state index contributed by atoms with van der Waals surface area (Å²) >= 11 is 1.20. The highest BCUT2D eigenvalue weighted by molar-refractivity contribution is 7.98. The Bertz CT molecular complexity index is 4290. The van der Waals surface area contributed by atoms with Crippen molar-refractivity contribution in [1.29, 1.82) is 0 Å². The molecule has 0 spiro atoms. The highest BCUT2D eigenvalue weighted by atomic mass is 32.2. The van der Waals surface area contributed by atoms with Gasteiger partial charge < -0.3 is 170 Å². The smallest absolute Gasteiger partial charge is 0.326 e.